The van der Waals surface area contributed by atoms with Crippen LogP contribution in [0, 0.1) is 13.8 Å². The summed E-state index contributed by atoms with van der Waals surface area (Å²) in [4.78, 5) is 0. The second-order valence-corrected chi connectivity index (χ2v) is 2.15. The van der Waals surface area contributed by atoms with E-state index in [2.05, 4.69) is 38.1 Å². The van der Waals surface area contributed by atoms with Crippen LogP contribution in [0.1, 0.15) is 11.1 Å². The quantitative estimate of drug-likeness (QED) is 0.526. The monoisotopic (exact) mass is 170 g/mol. The van der Waals surface area contributed by atoms with Crippen LogP contribution >= 0.6 is 0 Å². The first kappa shape index (κ1) is 8.84. The molecule has 0 amide bonds. The molecule has 0 nitrogen and oxygen atoms in total. The molecule has 9 heavy (non-hydrogen) atoms. The van der Waals surface area contributed by atoms with E-state index in [-0.39, 0.29) is 19.5 Å². The van der Waals surface area contributed by atoms with Gasteiger partial charge in [0.1, 0.15) is 0 Å². The molecule has 1 aromatic carbocycles. The van der Waals surface area contributed by atoms with E-state index in [1.54, 1.807) is 0 Å². The van der Waals surface area contributed by atoms with Gasteiger partial charge in [0.25, 0.3) is 0 Å². The predicted octanol–water partition coefficient (Wildman–Crippen LogP) is 2.30. The molecule has 1 aromatic rings. The summed E-state index contributed by atoms with van der Waals surface area (Å²) >= 11 is 0. The fourth-order valence-corrected chi connectivity index (χ4v) is 0.637. The summed E-state index contributed by atoms with van der Waals surface area (Å²) in [6, 6.07) is 8.48. The van der Waals surface area contributed by atoms with Gasteiger partial charge in [0.05, 0.1) is 0 Å². The second kappa shape index (κ2) is 3.79. The number of hydrogen-bond acceptors (Lipinski definition) is 0. The van der Waals surface area contributed by atoms with Gasteiger partial charge in [-0.3, -0.25) is 0 Å². The van der Waals surface area contributed by atoms with Crippen LogP contribution in [0.25, 0.3) is 0 Å². The van der Waals surface area contributed by atoms with Crippen molar-refractivity contribution in [3.63, 3.8) is 0 Å². The molecule has 0 radical (unpaired) electrons. The van der Waals surface area contributed by atoms with Crippen molar-refractivity contribution >= 4 is 0 Å². The molecule has 0 atom stereocenters. The summed E-state index contributed by atoms with van der Waals surface area (Å²) in [7, 11) is 0. The molecule has 1 rings (SSSR count). The second-order valence-electron chi connectivity index (χ2n) is 2.15. The maximum Gasteiger partial charge on any atom is 0 e. The Kier molecular flexibility index (Phi) is 3.73. The van der Waals surface area contributed by atoms with Crippen molar-refractivity contribution < 1.29 is 19.5 Å². The number of rotatable bonds is 0. The molecule has 0 saturated carbocycles. The van der Waals surface area contributed by atoms with Crippen molar-refractivity contribution in [2.24, 2.45) is 0 Å². The molecule has 0 N–H and O–H groups in total. The van der Waals surface area contributed by atoms with E-state index < -0.39 is 0 Å². The first-order valence-corrected chi connectivity index (χ1v) is 2.82. The van der Waals surface area contributed by atoms with E-state index >= 15 is 0 Å². The molecule has 44 valence electrons. The molecular formula is C8H10Zn. The molecule has 0 heterocycles. The first-order chi connectivity index (χ1) is 3.79. The molecule has 0 saturated heterocycles. The number of hydrogen-bond donors (Lipinski definition) is 0. The SMILES string of the molecule is Cc1ccc(C)cc1.[Zn]. The zero-order valence-electron chi connectivity index (χ0n) is 6.02. The molecule has 0 aliphatic carbocycles. The third-order valence-corrected chi connectivity index (χ3v) is 1.22. The van der Waals surface area contributed by atoms with Crippen molar-refractivity contribution in [3.8, 4) is 0 Å². The van der Waals surface area contributed by atoms with Gasteiger partial charge in [0.2, 0.25) is 0 Å². The van der Waals surface area contributed by atoms with Gasteiger partial charge in [0.15, 0.2) is 0 Å². The third-order valence-electron chi connectivity index (χ3n) is 1.22. The van der Waals surface area contributed by atoms with Crippen molar-refractivity contribution in [2.75, 3.05) is 0 Å². The van der Waals surface area contributed by atoms with Gasteiger partial charge in [0, 0.05) is 19.5 Å². The van der Waals surface area contributed by atoms with Crippen LogP contribution in [-0.2, 0) is 19.5 Å². The Morgan fingerprint density at radius 1 is 0.778 bits per heavy atom. The van der Waals surface area contributed by atoms with E-state index in [0.717, 1.165) is 0 Å². The number of benzene rings is 1. The Balaban J connectivity index is 0.000000640. The van der Waals surface area contributed by atoms with Crippen LogP contribution in [0.4, 0.5) is 0 Å². The Morgan fingerprint density at radius 3 is 1.22 bits per heavy atom. The molecule has 0 fully saturated rings. The van der Waals surface area contributed by atoms with Crippen molar-refractivity contribution in [1.29, 1.82) is 0 Å². The number of aryl methyl sites for hydroxylation is 2. The minimum Gasteiger partial charge on any atom is -0.0591 e. The topological polar surface area (TPSA) is 0 Å². The fourth-order valence-electron chi connectivity index (χ4n) is 0.637. The van der Waals surface area contributed by atoms with Crippen LogP contribution in [0.5, 0.6) is 0 Å². The average molecular weight is 172 g/mol. The molecule has 0 aliphatic heterocycles. The molecular weight excluding hydrogens is 161 g/mol. The van der Waals surface area contributed by atoms with E-state index in [1.165, 1.54) is 11.1 Å². The van der Waals surface area contributed by atoms with E-state index in [9.17, 15) is 0 Å². The van der Waals surface area contributed by atoms with E-state index in [4.69, 9.17) is 0 Å². The van der Waals surface area contributed by atoms with Gasteiger partial charge in [-0.15, -0.1) is 0 Å². The van der Waals surface area contributed by atoms with Crippen LogP contribution in [0.3, 0.4) is 0 Å². The van der Waals surface area contributed by atoms with E-state index in [1.807, 2.05) is 0 Å². The minimum absolute atomic E-state index is 0. The molecule has 0 aromatic heterocycles. The van der Waals surface area contributed by atoms with Gasteiger partial charge < -0.3 is 0 Å². The summed E-state index contributed by atoms with van der Waals surface area (Å²) in [5.74, 6) is 0. The minimum atomic E-state index is 0. The Bertz CT molecular complexity index is 143. The molecule has 0 spiro atoms. The van der Waals surface area contributed by atoms with Gasteiger partial charge in [-0.1, -0.05) is 35.4 Å². The van der Waals surface area contributed by atoms with Crippen molar-refractivity contribution in [2.45, 2.75) is 13.8 Å². The average Bonchev–Trinajstić information content (AvgIpc) is 1.77. The molecule has 0 unspecified atom stereocenters. The van der Waals surface area contributed by atoms with Crippen LogP contribution in [-0.4, -0.2) is 0 Å². The maximum atomic E-state index is 2.12. The van der Waals surface area contributed by atoms with Gasteiger partial charge in [-0.25, -0.2) is 0 Å². The smallest absolute Gasteiger partial charge is 0 e. The Labute approximate surface area is 69.0 Å². The van der Waals surface area contributed by atoms with Gasteiger partial charge in [-0.2, -0.15) is 0 Å². The predicted molar refractivity (Wildman–Crippen MR) is 35.9 cm³/mol. The van der Waals surface area contributed by atoms with Gasteiger partial charge in [-0.05, 0) is 13.8 Å². The zero-order valence-corrected chi connectivity index (χ0v) is 8.98. The van der Waals surface area contributed by atoms with Crippen LogP contribution in [0.15, 0.2) is 24.3 Å². The van der Waals surface area contributed by atoms with E-state index in [0.29, 0.717) is 0 Å². The van der Waals surface area contributed by atoms with Gasteiger partial charge >= 0.3 is 0 Å². The summed E-state index contributed by atoms with van der Waals surface area (Å²) in [5.41, 5.74) is 2.66. The summed E-state index contributed by atoms with van der Waals surface area (Å²) in [6.07, 6.45) is 0. The maximum absolute atomic E-state index is 2.12. The zero-order chi connectivity index (χ0) is 5.98. The first-order valence-electron chi connectivity index (χ1n) is 2.82. The largest absolute Gasteiger partial charge is 0.0591 e. The Hall–Kier alpha value is -0.157. The summed E-state index contributed by atoms with van der Waals surface area (Å²) in [6.45, 7) is 4.19. The van der Waals surface area contributed by atoms with Crippen molar-refractivity contribution in [3.05, 3.63) is 35.4 Å². The van der Waals surface area contributed by atoms with Crippen LogP contribution < -0.4 is 0 Å². The van der Waals surface area contributed by atoms with Crippen molar-refractivity contribution in [1.82, 2.24) is 0 Å². The summed E-state index contributed by atoms with van der Waals surface area (Å²) < 4.78 is 0. The fraction of sp³-hybridized carbons (Fsp3) is 0.250. The normalized spacial score (nSPS) is 8.22. The molecule has 1 heteroatoms. The standard InChI is InChI=1S/C8H10.Zn/c1-7-3-5-8(2)6-4-7;/h3-6H,1-2H3;. The Morgan fingerprint density at radius 2 is 1.00 bits per heavy atom. The molecule has 0 bridgehead atoms. The molecule has 0 aliphatic rings. The summed E-state index contributed by atoms with van der Waals surface area (Å²) in [5, 5.41) is 0. The third kappa shape index (κ3) is 2.76. The van der Waals surface area contributed by atoms with Crippen LogP contribution in [0.2, 0.25) is 0 Å².